The zero-order valence-corrected chi connectivity index (χ0v) is 27.9. The third-order valence-corrected chi connectivity index (χ3v) is 5.55. The van der Waals surface area contributed by atoms with Crippen molar-refractivity contribution in [1.29, 1.82) is 0 Å². The highest BCUT2D eigenvalue weighted by Gasteiger charge is 2.39. The number of piperidine rings is 2. The highest BCUT2D eigenvalue weighted by Crippen LogP contribution is 2.18. The zero-order chi connectivity index (χ0) is 35.0. The maximum absolute atomic E-state index is 11.9. The molecular weight excluding hydrogens is 608 g/mol. The van der Waals surface area contributed by atoms with Gasteiger partial charge in [-0.3, -0.25) is 14.4 Å². The molecular formula is C31H52N2O13. The second kappa shape index (κ2) is 20.9. The van der Waals surface area contributed by atoms with Crippen molar-refractivity contribution in [2.45, 2.75) is 100 Å². The molecule has 0 N–H and O–H groups in total. The lowest BCUT2D eigenvalue weighted by Gasteiger charge is -2.32. The first-order valence-electron chi connectivity index (χ1n) is 14.8. The number of hydrogen-bond acceptors (Lipinski definition) is 13. The summed E-state index contributed by atoms with van der Waals surface area (Å²) >= 11 is 0. The number of carbonyl (C=O) groups excluding carboxylic acids is 8. The lowest BCUT2D eigenvalue weighted by molar-refractivity contribution is -0.167. The van der Waals surface area contributed by atoms with Gasteiger partial charge in [-0.15, -0.1) is 0 Å². The first kappa shape index (κ1) is 44.1. The van der Waals surface area contributed by atoms with E-state index in [1.54, 1.807) is 46.4 Å². The number of carbonyl (C=O) groups is 8. The van der Waals surface area contributed by atoms with Crippen LogP contribution in [0, 0.1) is 5.92 Å². The topological polar surface area (TPSA) is 189 Å². The molecule has 2 heterocycles. The Morgan fingerprint density at radius 1 is 0.630 bits per heavy atom. The van der Waals surface area contributed by atoms with Gasteiger partial charge in [0.1, 0.15) is 28.7 Å². The summed E-state index contributed by atoms with van der Waals surface area (Å²) in [5.41, 5.74) is -1.13. The predicted molar refractivity (Wildman–Crippen MR) is 165 cm³/mol. The summed E-state index contributed by atoms with van der Waals surface area (Å²) in [6, 6.07) is 0. The van der Waals surface area contributed by atoms with Crippen molar-refractivity contribution in [3.05, 3.63) is 0 Å². The molecule has 0 aliphatic carbocycles. The van der Waals surface area contributed by atoms with Gasteiger partial charge in [-0.2, -0.15) is 0 Å². The van der Waals surface area contributed by atoms with Gasteiger partial charge in [0.05, 0.1) is 19.8 Å². The van der Waals surface area contributed by atoms with E-state index in [1.807, 2.05) is 20.8 Å². The molecule has 2 aliphatic rings. The number of ether oxygens (including phenoxy) is 5. The Bertz CT molecular complexity index is 1050. The Labute approximate surface area is 271 Å². The van der Waals surface area contributed by atoms with Crippen molar-refractivity contribution >= 4 is 47.4 Å². The van der Waals surface area contributed by atoms with E-state index in [0.29, 0.717) is 25.9 Å². The smallest absolute Gasteiger partial charge is 0.417 e. The van der Waals surface area contributed by atoms with Crippen LogP contribution in [0.15, 0.2) is 0 Å². The third-order valence-electron chi connectivity index (χ3n) is 5.55. The van der Waals surface area contributed by atoms with E-state index in [-0.39, 0.29) is 64.4 Å². The Kier molecular flexibility index (Phi) is 20.0. The lowest BCUT2D eigenvalue weighted by Crippen LogP contribution is -2.49. The molecule has 1 atom stereocenters. The normalized spacial score (nSPS) is 16.2. The largest absolute Gasteiger partial charge is 0.460 e. The number of Topliss-reactive ketones (excluding diaryl/α,β-unsaturated/α-hetero) is 3. The van der Waals surface area contributed by atoms with Crippen LogP contribution in [0.25, 0.3) is 0 Å². The van der Waals surface area contributed by atoms with E-state index in [9.17, 15) is 38.4 Å². The molecule has 2 aliphatic heterocycles. The van der Waals surface area contributed by atoms with Gasteiger partial charge in [0.15, 0.2) is 0 Å². The van der Waals surface area contributed by atoms with Gasteiger partial charge >= 0.3 is 30.1 Å². The van der Waals surface area contributed by atoms with Crippen LogP contribution in [0.3, 0.4) is 0 Å². The van der Waals surface area contributed by atoms with Crippen molar-refractivity contribution < 1.29 is 62.0 Å². The number of esters is 3. The molecule has 0 spiro atoms. The molecule has 0 saturated carbocycles. The third kappa shape index (κ3) is 18.1. The summed E-state index contributed by atoms with van der Waals surface area (Å²) in [6.07, 6.45) is 0.0229. The van der Waals surface area contributed by atoms with E-state index in [2.05, 4.69) is 14.2 Å². The number of nitrogens with zero attached hydrogens (tertiary/aromatic N) is 2. The summed E-state index contributed by atoms with van der Waals surface area (Å²) in [7, 11) is 0. The van der Waals surface area contributed by atoms with Gasteiger partial charge in [0.2, 0.25) is 0 Å². The maximum atomic E-state index is 11.9. The summed E-state index contributed by atoms with van der Waals surface area (Å²) in [4.78, 5) is 93.2. The lowest BCUT2D eigenvalue weighted by atomic mass is 9.92. The fourth-order valence-electron chi connectivity index (χ4n) is 3.54. The Hall–Kier alpha value is -4.04. The van der Waals surface area contributed by atoms with Crippen LogP contribution in [0.5, 0.6) is 0 Å². The fourth-order valence-corrected chi connectivity index (χ4v) is 3.54. The Morgan fingerprint density at radius 3 is 1.39 bits per heavy atom. The molecule has 2 amide bonds. The first-order chi connectivity index (χ1) is 20.8. The van der Waals surface area contributed by atoms with Crippen molar-refractivity contribution in [3.63, 3.8) is 0 Å². The van der Waals surface area contributed by atoms with E-state index >= 15 is 0 Å². The highest BCUT2D eigenvalue weighted by atomic mass is 16.6. The number of likely N-dealkylation sites (tertiary alicyclic amines) is 2. The van der Waals surface area contributed by atoms with Gasteiger partial charge in [-0.05, 0) is 62.3 Å². The summed E-state index contributed by atoms with van der Waals surface area (Å²) in [5.74, 6) is -5.09. The monoisotopic (exact) mass is 660 g/mol. The summed E-state index contributed by atoms with van der Waals surface area (Å²) in [6.45, 7) is 16.9. The van der Waals surface area contributed by atoms with Gasteiger partial charge in [-0.1, -0.05) is 7.43 Å². The summed E-state index contributed by atoms with van der Waals surface area (Å²) in [5, 5.41) is 0. The number of ketones is 3. The maximum Gasteiger partial charge on any atom is 0.417 e. The standard InChI is InChI=1S/C14H21NO6.C10H17NO3.C6H10O4.CH4/c1-5-20-12(18)11(17)9-8-15(7-6-10(9)16)13(19)21-14(2,3)4;1-10(2,3)14-9(13)11-6-4-8(12)5-7-11;1-3-9-5(7)6(8)10-4-2;/h9H,5-8H2,1-4H3;4-7H2,1-3H3;3-4H2,1-2H3;1H4. The van der Waals surface area contributed by atoms with Gasteiger partial charge in [-0.25, -0.2) is 24.0 Å². The molecule has 15 nitrogen and oxygen atoms in total. The molecule has 0 aromatic rings. The molecule has 0 aromatic heterocycles. The van der Waals surface area contributed by atoms with E-state index in [0.717, 1.165) is 0 Å². The Morgan fingerprint density at radius 2 is 1.00 bits per heavy atom. The highest BCUT2D eigenvalue weighted by molar-refractivity contribution is 6.38. The fraction of sp³-hybridized carbons (Fsp3) is 0.742. The van der Waals surface area contributed by atoms with Crippen LogP contribution in [0.2, 0.25) is 0 Å². The first-order valence-corrected chi connectivity index (χ1v) is 14.8. The van der Waals surface area contributed by atoms with Crippen LogP contribution in [0.4, 0.5) is 9.59 Å². The minimum Gasteiger partial charge on any atom is -0.460 e. The molecule has 0 bridgehead atoms. The van der Waals surface area contributed by atoms with Crippen molar-refractivity contribution in [3.8, 4) is 0 Å². The molecule has 46 heavy (non-hydrogen) atoms. The van der Waals surface area contributed by atoms with Gasteiger partial charge < -0.3 is 33.5 Å². The van der Waals surface area contributed by atoms with Crippen LogP contribution in [-0.2, 0) is 52.5 Å². The number of rotatable bonds is 5. The second-order valence-corrected chi connectivity index (χ2v) is 11.7. The SMILES string of the molecule is C.CC(C)(C)OC(=O)N1CCC(=O)CC1.CCOC(=O)C(=O)C1CN(C(=O)OC(C)(C)C)CCC1=O.CCOC(=O)C(=O)OCC. The minimum atomic E-state index is -1.16. The molecule has 2 saturated heterocycles. The minimum absolute atomic E-state index is 0. The van der Waals surface area contributed by atoms with E-state index in [4.69, 9.17) is 9.47 Å². The molecule has 0 aromatic carbocycles. The quantitative estimate of drug-likeness (QED) is 0.181. The molecule has 1 unspecified atom stereocenters. The predicted octanol–water partition coefficient (Wildman–Crippen LogP) is 3.28. The molecule has 2 rings (SSSR count). The van der Waals surface area contributed by atoms with Gasteiger partial charge in [0, 0.05) is 45.4 Å². The molecule has 15 heteroatoms. The zero-order valence-electron chi connectivity index (χ0n) is 27.9. The molecule has 0 radical (unpaired) electrons. The second-order valence-electron chi connectivity index (χ2n) is 11.7. The van der Waals surface area contributed by atoms with Crippen molar-refractivity contribution in [2.24, 2.45) is 5.92 Å². The van der Waals surface area contributed by atoms with Crippen LogP contribution in [-0.4, -0.2) is 114 Å². The van der Waals surface area contributed by atoms with Crippen LogP contribution < -0.4 is 0 Å². The average molecular weight is 661 g/mol. The van der Waals surface area contributed by atoms with Gasteiger partial charge in [0.25, 0.3) is 5.78 Å². The Balaban J connectivity index is 0. The number of amides is 2. The summed E-state index contributed by atoms with van der Waals surface area (Å²) < 4.78 is 23.7. The van der Waals surface area contributed by atoms with E-state index in [1.165, 1.54) is 4.90 Å². The number of hydrogen-bond donors (Lipinski definition) is 0. The van der Waals surface area contributed by atoms with Crippen LogP contribution in [0.1, 0.15) is 89.0 Å². The van der Waals surface area contributed by atoms with E-state index < -0.39 is 46.9 Å². The molecule has 264 valence electrons. The van der Waals surface area contributed by atoms with Crippen LogP contribution >= 0.6 is 0 Å². The molecule has 2 fully saturated rings. The average Bonchev–Trinajstić information content (AvgIpc) is 2.92. The van der Waals surface area contributed by atoms with Crippen molar-refractivity contribution in [2.75, 3.05) is 46.0 Å². The van der Waals surface area contributed by atoms with Crippen molar-refractivity contribution in [1.82, 2.24) is 9.80 Å².